The molecule has 25 heavy (non-hydrogen) atoms. The average molecular weight is 342 g/mol. The predicted molar refractivity (Wildman–Crippen MR) is 94.8 cm³/mol. The lowest BCUT2D eigenvalue weighted by Crippen LogP contribution is -2.33. The summed E-state index contributed by atoms with van der Waals surface area (Å²) in [6, 6.07) is 14.6. The summed E-state index contributed by atoms with van der Waals surface area (Å²) >= 11 is 0. The number of hydrogen-bond donors (Lipinski definition) is 2. The molecule has 6 heteroatoms. The van der Waals surface area contributed by atoms with Crippen LogP contribution < -0.4 is 20.5 Å². The minimum Gasteiger partial charge on any atom is -0.493 e. The van der Waals surface area contributed by atoms with Crippen molar-refractivity contribution in [1.29, 1.82) is 0 Å². The lowest BCUT2D eigenvalue weighted by atomic mass is 10.2. The number of benzene rings is 2. The van der Waals surface area contributed by atoms with Crippen molar-refractivity contribution >= 4 is 11.8 Å². The zero-order chi connectivity index (χ0) is 18.1. The maximum Gasteiger partial charge on any atom is 0.251 e. The van der Waals surface area contributed by atoms with Gasteiger partial charge in [0.25, 0.3) is 5.91 Å². The molecule has 2 rings (SSSR count). The van der Waals surface area contributed by atoms with Gasteiger partial charge in [-0.2, -0.15) is 0 Å². The van der Waals surface area contributed by atoms with E-state index in [9.17, 15) is 9.59 Å². The van der Waals surface area contributed by atoms with E-state index >= 15 is 0 Å². The smallest absolute Gasteiger partial charge is 0.251 e. The third-order valence-electron chi connectivity index (χ3n) is 3.45. The zero-order valence-corrected chi connectivity index (χ0v) is 14.2. The van der Waals surface area contributed by atoms with Crippen LogP contribution in [-0.2, 0) is 4.79 Å². The van der Waals surface area contributed by atoms with Crippen molar-refractivity contribution in [3.63, 3.8) is 0 Å². The van der Waals surface area contributed by atoms with Gasteiger partial charge >= 0.3 is 0 Å². The summed E-state index contributed by atoms with van der Waals surface area (Å²) in [5, 5.41) is 2.43. The van der Waals surface area contributed by atoms with E-state index in [0.717, 1.165) is 17.7 Å². The largest absolute Gasteiger partial charge is 0.493 e. The number of hydrogen-bond acceptors (Lipinski definition) is 4. The molecule has 2 aromatic rings. The topological polar surface area (TPSA) is 90.7 Å². The molecule has 2 amide bonds. The number of nitrogens with two attached hydrogens (primary N) is 1. The van der Waals surface area contributed by atoms with Crippen LogP contribution in [-0.4, -0.2) is 31.6 Å². The standard InChI is InChI=1S/C19H22N2O4/c1-14-5-2-3-6-17(14)25-12-4-11-24-16-9-7-15(8-10-16)19(23)21-13-18(20)22/h2-3,5-10H,4,11-13H2,1H3,(H2,20,22)(H,21,23). The molecule has 0 atom stereocenters. The van der Waals surface area contributed by atoms with Gasteiger partial charge in [-0.25, -0.2) is 0 Å². The van der Waals surface area contributed by atoms with Gasteiger partial charge in [0.05, 0.1) is 19.8 Å². The van der Waals surface area contributed by atoms with Gasteiger partial charge in [-0.15, -0.1) is 0 Å². The third kappa shape index (κ3) is 6.18. The second-order valence-corrected chi connectivity index (χ2v) is 5.49. The second-order valence-electron chi connectivity index (χ2n) is 5.49. The molecule has 0 radical (unpaired) electrons. The molecule has 0 aromatic heterocycles. The quantitative estimate of drug-likeness (QED) is 0.683. The van der Waals surface area contributed by atoms with Gasteiger partial charge in [0, 0.05) is 12.0 Å². The van der Waals surface area contributed by atoms with E-state index in [-0.39, 0.29) is 12.5 Å². The maximum absolute atomic E-state index is 11.7. The predicted octanol–water partition coefficient (Wildman–Crippen LogP) is 2.06. The van der Waals surface area contributed by atoms with Gasteiger partial charge in [0.2, 0.25) is 5.91 Å². The van der Waals surface area contributed by atoms with E-state index in [4.69, 9.17) is 15.2 Å². The molecule has 0 aliphatic rings. The summed E-state index contributed by atoms with van der Waals surface area (Å²) in [6.45, 7) is 2.91. The first kappa shape index (κ1) is 18.3. The fourth-order valence-electron chi connectivity index (χ4n) is 2.12. The number of nitrogens with one attached hydrogen (secondary N) is 1. The van der Waals surface area contributed by atoms with Gasteiger partial charge < -0.3 is 20.5 Å². The van der Waals surface area contributed by atoms with E-state index in [1.807, 2.05) is 31.2 Å². The Hall–Kier alpha value is -3.02. The van der Waals surface area contributed by atoms with Crippen LogP contribution >= 0.6 is 0 Å². The monoisotopic (exact) mass is 342 g/mol. The molecular formula is C19H22N2O4. The van der Waals surface area contributed by atoms with Crippen molar-refractivity contribution < 1.29 is 19.1 Å². The first-order chi connectivity index (χ1) is 12.1. The molecule has 0 bridgehead atoms. The van der Waals surface area contributed by atoms with Gasteiger partial charge in [-0.1, -0.05) is 18.2 Å². The van der Waals surface area contributed by atoms with E-state index in [2.05, 4.69) is 5.32 Å². The van der Waals surface area contributed by atoms with Crippen molar-refractivity contribution in [3.05, 3.63) is 59.7 Å². The van der Waals surface area contributed by atoms with Gasteiger partial charge in [0.1, 0.15) is 11.5 Å². The Bertz CT molecular complexity index is 714. The highest BCUT2D eigenvalue weighted by Crippen LogP contribution is 2.16. The molecule has 3 N–H and O–H groups in total. The van der Waals surface area contributed by atoms with Crippen LogP contribution in [0.3, 0.4) is 0 Å². The molecule has 0 unspecified atom stereocenters. The summed E-state index contributed by atoms with van der Waals surface area (Å²) in [5.74, 6) is 0.620. The summed E-state index contributed by atoms with van der Waals surface area (Å²) in [4.78, 5) is 22.4. The number of amides is 2. The lowest BCUT2D eigenvalue weighted by molar-refractivity contribution is -0.117. The van der Waals surface area contributed by atoms with E-state index in [1.54, 1.807) is 24.3 Å². The number of aryl methyl sites for hydroxylation is 1. The maximum atomic E-state index is 11.7. The van der Waals surface area contributed by atoms with Crippen molar-refractivity contribution in [2.45, 2.75) is 13.3 Å². The molecule has 132 valence electrons. The summed E-state index contributed by atoms with van der Waals surface area (Å²) in [7, 11) is 0. The van der Waals surface area contributed by atoms with Crippen LogP contribution in [0.15, 0.2) is 48.5 Å². The lowest BCUT2D eigenvalue weighted by Gasteiger charge is -2.10. The highest BCUT2D eigenvalue weighted by atomic mass is 16.5. The molecule has 0 saturated heterocycles. The molecule has 6 nitrogen and oxygen atoms in total. The van der Waals surface area contributed by atoms with E-state index in [0.29, 0.717) is 24.5 Å². The molecule has 0 spiro atoms. The Morgan fingerprint density at radius 1 is 1.00 bits per heavy atom. The molecule has 0 saturated carbocycles. The minimum absolute atomic E-state index is 0.183. The SMILES string of the molecule is Cc1ccccc1OCCCOc1ccc(C(=O)NCC(N)=O)cc1. The second kappa shape index (κ2) is 9.32. The number of rotatable bonds is 9. The van der Waals surface area contributed by atoms with E-state index < -0.39 is 5.91 Å². The van der Waals surface area contributed by atoms with Crippen molar-refractivity contribution in [2.24, 2.45) is 5.73 Å². The molecule has 0 aliphatic heterocycles. The molecule has 0 heterocycles. The first-order valence-corrected chi connectivity index (χ1v) is 8.04. The Labute approximate surface area is 146 Å². The fraction of sp³-hybridized carbons (Fsp3) is 0.263. The molecule has 0 fully saturated rings. The van der Waals surface area contributed by atoms with Crippen molar-refractivity contribution in [3.8, 4) is 11.5 Å². The Morgan fingerprint density at radius 3 is 2.36 bits per heavy atom. The third-order valence-corrected chi connectivity index (χ3v) is 3.45. The number of carbonyl (C=O) groups excluding carboxylic acids is 2. The number of carbonyl (C=O) groups is 2. The molecule has 0 aliphatic carbocycles. The first-order valence-electron chi connectivity index (χ1n) is 8.04. The van der Waals surface area contributed by atoms with E-state index in [1.165, 1.54) is 0 Å². The fourth-order valence-corrected chi connectivity index (χ4v) is 2.12. The average Bonchev–Trinajstić information content (AvgIpc) is 2.61. The van der Waals surface area contributed by atoms with Gasteiger partial charge in [-0.05, 0) is 42.8 Å². The van der Waals surface area contributed by atoms with Crippen molar-refractivity contribution in [2.75, 3.05) is 19.8 Å². The Balaban J connectivity index is 1.70. The highest BCUT2D eigenvalue weighted by molar-refractivity contribution is 5.96. The van der Waals surface area contributed by atoms with Crippen LogP contribution in [0.5, 0.6) is 11.5 Å². The van der Waals surface area contributed by atoms with Crippen LogP contribution in [0.1, 0.15) is 22.3 Å². The summed E-state index contributed by atoms with van der Waals surface area (Å²) < 4.78 is 11.3. The van der Waals surface area contributed by atoms with Crippen molar-refractivity contribution in [1.82, 2.24) is 5.32 Å². The van der Waals surface area contributed by atoms with Gasteiger partial charge in [-0.3, -0.25) is 9.59 Å². The van der Waals surface area contributed by atoms with Crippen LogP contribution in [0, 0.1) is 6.92 Å². The highest BCUT2D eigenvalue weighted by Gasteiger charge is 2.06. The number of primary amides is 1. The van der Waals surface area contributed by atoms with Crippen LogP contribution in [0.2, 0.25) is 0 Å². The van der Waals surface area contributed by atoms with Crippen LogP contribution in [0.4, 0.5) is 0 Å². The molecule has 2 aromatic carbocycles. The Morgan fingerprint density at radius 2 is 1.68 bits per heavy atom. The molecular weight excluding hydrogens is 320 g/mol. The normalized spacial score (nSPS) is 10.1. The van der Waals surface area contributed by atoms with Gasteiger partial charge in [0.15, 0.2) is 0 Å². The Kier molecular flexibility index (Phi) is 6.83. The number of para-hydroxylation sites is 1. The summed E-state index contributed by atoms with van der Waals surface area (Å²) in [5.41, 5.74) is 6.53. The zero-order valence-electron chi connectivity index (χ0n) is 14.2. The number of ether oxygens (including phenoxy) is 2. The van der Waals surface area contributed by atoms with Crippen LogP contribution in [0.25, 0.3) is 0 Å². The minimum atomic E-state index is -0.582. The summed E-state index contributed by atoms with van der Waals surface area (Å²) in [6.07, 6.45) is 0.745.